The zero-order valence-corrected chi connectivity index (χ0v) is 14.4. The van der Waals surface area contributed by atoms with E-state index in [-0.39, 0.29) is 25.0 Å². The second kappa shape index (κ2) is 8.09. The van der Waals surface area contributed by atoms with Crippen LogP contribution in [0.5, 0.6) is 0 Å². The van der Waals surface area contributed by atoms with Gasteiger partial charge >= 0.3 is 0 Å². The van der Waals surface area contributed by atoms with Crippen molar-refractivity contribution < 1.29 is 14.7 Å². The molecule has 0 saturated carbocycles. The van der Waals surface area contributed by atoms with Crippen molar-refractivity contribution in [2.75, 3.05) is 13.2 Å². The van der Waals surface area contributed by atoms with Crippen molar-refractivity contribution in [1.82, 2.24) is 5.32 Å². The number of benzene rings is 2. The number of nitrogens with zero attached hydrogens (tertiary/aromatic N) is 1. The van der Waals surface area contributed by atoms with Crippen LogP contribution in [0.3, 0.4) is 0 Å². The fraction of sp³-hybridized carbons (Fsp3) is 0.211. The smallest absolute Gasteiger partial charge is 0.278 e. The molecule has 2 amide bonds. The molecule has 0 spiro atoms. The molecule has 0 aromatic heterocycles. The third-order valence-electron chi connectivity index (χ3n) is 3.83. The van der Waals surface area contributed by atoms with Crippen LogP contribution in [0.4, 0.5) is 0 Å². The minimum absolute atomic E-state index is 0.0789. The van der Waals surface area contributed by atoms with Gasteiger partial charge in [0.25, 0.3) is 11.8 Å². The highest BCUT2D eigenvalue weighted by Crippen LogP contribution is 2.24. The maximum absolute atomic E-state index is 12.1. The van der Waals surface area contributed by atoms with Crippen molar-refractivity contribution in [2.24, 2.45) is 4.99 Å². The Balaban J connectivity index is 1.59. The van der Waals surface area contributed by atoms with E-state index in [1.807, 2.05) is 36.4 Å². The van der Waals surface area contributed by atoms with E-state index in [1.165, 1.54) is 0 Å². The zero-order chi connectivity index (χ0) is 17.6. The second-order valence-corrected chi connectivity index (χ2v) is 6.66. The largest absolute Gasteiger partial charge is 0.395 e. The van der Waals surface area contributed by atoms with Gasteiger partial charge in [-0.1, -0.05) is 30.3 Å². The lowest BCUT2D eigenvalue weighted by atomic mass is 10.0. The molecule has 0 saturated heterocycles. The second-order valence-electron chi connectivity index (χ2n) is 5.61. The van der Waals surface area contributed by atoms with E-state index >= 15 is 0 Å². The average molecular weight is 354 g/mol. The summed E-state index contributed by atoms with van der Waals surface area (Å²) in [7, 11) is 0. The molecule has 0 atom stereocenters. The first-order valence-corrected chi connectivity index (χ1v) is 8.96. The summed E-state index contributed by atoms with van der Waals surface area (Å²) in [6.07, 6.45) is 0.675. The predicted octanol–water partition coefficient (Wildman–Crippen LogP) is 2.44. The van der Waals surface area contributed by atoms with Crippen molar-refractivity contribution in [1.29, 1.82) is 0 Å². The van der Waals surface area contributed by atoms with Gasteiger partial charge in [0.1, 0.15) is 0 Å². The van der Waals surface area contributed by atoms with E-state index in [9.17, 15) is 9.59 Å². The summed E-state index contributed by atoms with van der Waals surface area (Å²) in [5.74, 6) is 0.305. The summed E-state index contributed by atoms with van der Waals surface area (Å²) in [5.41, 5.74) is 3.31. The van der Waals surface area contributed by atoms with Crippen molar-refractivity contribution >= 4 is 28.6 Å². The van der Waals surface area contributed by atoms with Crippen LogP contribution in [-0.4, -0.2) is 35.1 Å². The number of hydrogen-bond acceptors (Lipinski definition) is 4. The van der Waals surface area contributed by atoms with Gasteiger partial charge in [0.2, 0.25) is 0 Å². The molecule has 0 aliphatic carbocycles. The molecular formula is C19H18N2O3S. The monoisotopic (exact) mass is 354 g/mol. The van der Waals surface area contributed by atoms with Gasteiger partial charge in [0, 0.05) is 29.8 Å². The molecule has 1 heterocycles. The molecule has 2 N–H and O–H groups in total. The number of aliphatic imine (C=N–C) groups is 1. The van der Waals surface area contributed by atoms with E-state index in [0.29, 0.717) is 23.3 Å². The molecular weight excluding hydrogens is 336 g/mol. The van der Waals surface area contributed by atoms with Crippen LogP contribution >= 0.6 is 11.8 Å². The molecule has 5 nitrogen and oxygen atoms in total. The van der Waals surface area contributed by atoms with E-state index < -0.39 is 0 Å². The number of aliphatic hydroxyl groups is 1. The maximum atomic E-state index is 12.1. The summed E-state index contributed by atoms with van der Waals surface area (Å²) in [5, 5.41) is 12.2. The minimum atomic E-state index is -0.202. The highest BCUT2D eigenvalue weighted by Gasteiger charge is 2.18. The van der Waals surface area contributed by atoms with Gasteiger partial charge < -0.3 is 10.4 Å². The Morgan fingerprint density at radius 2 is 1.92 bits per heavy atom. The normalized spacial score (nSPS) is 13.2. The lowest BCUT2D eigenvalue weighted by Crippen LogP contribution is -2.26. The fourth-order valence-electron chi connectivity index (χ4n) is 2.53. The standard InChI is InChI=1S/C19H18N2O3S/c22-10-9-20-18(23)14-7-5-13(6-8-14)12-25-17-11-15-3-1-2-4-16(15)19(24)21-17/h1-8,22H,9-12H2,(H,20,23). The molecule has 0 fully saturated rings. The molecule has 25 heavy (non-hydrogen) atoms. The first-order valence-electron chi connectivity index (χ1n) is 7.98. The summed E-state index contributed by atoms with van der Waals surface area (Å²) in [6, 6.07) is 14.8. The third kappa shape index (κ3) is 4.35. The Bertz CT molecular complexity index is 816. The number of carbonyl (C=O) groups is 2. The lowest BCUT2D eigenvalue weighted by molar-refractivity contribution is 0.0943. The van der Waals surface area contributed by atoms with Crippen LogP contribution in [-0.2, 0) is 12.2 Å². The van der Waals surface area contributed by atoms with Gasteiger partial charge in [-0.2, -0.15) is 0 Å². The number of aliphatic hydroxyl groups excluding tert-OH is 1. The zero-order valence-electron chi connectivity index (χ0n) is 13.6. The van der Waals surface area contributed by atoms with Crippen LogP contribution in [0.15, 0.2) is 53.5 Å². The molecule has 6 heteroatoms. The van der Waals surface area contributed by atoms with Crippen LogP contribution < -0.4 is 5.32 Å². The average Bonchev–Trinajstić information content (AvgIpc) is 2.65. The Labute approximate surface area is 150 Å². The Hall–Kier alpha value is -2.44. The molecule has 1 aliphatic rings. The molecule has 3 rings (SSSR count). The van der Waals surface area contributed by atoms with Crippen molar-refractivity contribution in [3.8, 4) is 0 Å². The van der Waals surface area contributed by atoms with Gasteiger partial charge in [-0.25, -0.2) is 4.99 Å². The van der Waals surface area contributed by atoms with E-state index in [1.54, 1.807) is 23.9 Å². The number of nitrogens with one attached hydrogen (secondary N) is 1. The number of fused-ring (bicyclic) bond motifs is 1. The van der Waals surface area contributed by atoms with Crippen LogP contribution in [0, 0.1) is 0 Å². The highest BCUT2D eigenvalue weighted by atomic mass is 32.2. The highest BCUT2D eigenvalue weighted by molar-refractivity contribution is 8.13. The van der Waals surface area contributed by atoms with Crippen molar-refractivity contribution in [3.05, 3.63) is 70.8 Å². The molecule has 2 aromatic rings. The fourth-order valence-corrected chi connectivity index (χ4v) is 3.46. The van der Waals surface area contributed by atoms with E-state index in [4.69, 9.17) is 5.11 Å². The number of amides is 2. The Kier molecular flexibility index (Phi) is 5.63. The first kappa shape index (κ1) is 17.4. The first-order chi connectivity index (χ1) is 12.2. The topological polar surface area (TPSA) is 78.8 Å². The lowest BCUT2D eigenvalue weighted by Gasteiger charge is -2.14. The van der Waals surface area contributed by atoms with Crippen LogP contribution in [0.2, 0.25) is 0 Å². The summed E-state index contributed by atoms with van der Waals surface area (Å²) >= 11 is 1.54. The van der Waals surface area contributed by atoms with Gasteiger partial charge in [0.15, 0.2) is 0 Å². The predicted molar refractivity (Wildman–Crippen MR) is 99.1 cm³/mol. The third-order valence-corrected chi connectivity index (χ3v) is 4.88. The van der Waals surface area contributed by atoms with E-state index in [2.05, 4.69) is 10.3 Å². The van der Waals surface area contributed by atoms with Gasteiger partial charge in [-0.15, -0.1) is 11.8 Å². The number of thioether (sulfide) groups is 1. The molecule has 0 bridgehead atoms. The minimum Gasteiger partial charge on any atom is -0.395 e. The maximum Gasteiger partial charge on any atom is 0.278 e. The van der Waals surface area contributed by atoms with Crippen LogP contribution in [0.1, 0.15) is 31.8 Å². The molecule has 128 valence electrons. The quantitative estimate of drug-likeness (QED) is 0.864. The van der Waals surface area contributed by atoms with Gasteiger partial charge in [-0.05, 0) is 29.3 Å². The van der Waals surface area contributed by atoms with Crippen molar-refractivity contribution in [2.45, 2.75) is 12.2 Å². The Morgan fingerprint density at radius 1 is 1.16 bits per heavy atom. The summed E-state index contributed by atoms with van der Waals surface area (Å²) < 4.78 is 0. The summed E-state index contributed by atoms with van der Waals surface area (Å²) in [4.78, 5) is 28.0. The van der Waals surface area contributed by atoms with E-state index in [0.717, 1.165) is 16.2 Å². The molecule has 1 aliphatic heterocycles. The van der Waals surface area contributed by atoms with Gasteiger partial charge in [0.05, 0.1) is 11.7 Å². The van der Waals surface area contributed by atoms with Crippen molar-refractivity contribution in [3.63, 3.8) is 0 Å². The van der Waals surface area contributed by atoms with Crippen LogP contribution in [0.25, 0.3) is 0 Å². The Morgan fingerprint density at radius 3 is 2.68 bits per heavy atom. The molecule has 0 radical (unpaired) electrons. The summed E-state index contributed by atoms with van der Waals surface area (Å²) in [6.45, 7) is 0.163. The number of carbonyl (C=O) groups excluding carboxylic acids is 2. The molecule has 0 unspecified atom stereocenters. The number of hydrogen-bond donors (Lipinski definition) is 2. The number of rotatable bonds is 5. The van der Waals surface area contributed by atoms with Gasteiger partial charge in [-0.3, -0.25) is 9.59 Å². The molecule has 2 aromatic carbocycles. The SMILES string of the molecule is O=C(NCCO)c1ccc(CSC2=NC(=O)c3ccccc3C2)cc1.